The Morgan fingerprint density at radius 1 is 1.11 bits per heavy atom. The summed E-state index contributed by atoms with van der Waals surface area (Å²) >= 11 is 3.50. The number of amides is 2. The van der Waals surface area contributed by atoms with Crippen LogP contribution in [0, 0.1) is 6.92 Å². The zero-order valence-electron chi connectivity index (χ0n) is 26.0. The van der Waals surface area contributed by atoms with Gasteiger partial charge in [0.15, 0.2) is 17.7 Å². The lowest BCUT2D eigenvalue weighted by Crippen LogP contribution is -2.45. The van der Waals surface area contributed by atoms with Gasteiger partial charge in [-0.25, -0.2) is 9.59 Å². The summed E-state index contributed by atoms with van der Waals surface area (Å²) < 4.78 is 19.9. The normalized spacial score (nSPS) is 15.4. The van der Waals surface area contributed by atoms with Gasteiger partial charge in [0.2, 0.25) is 0 Å². The number of fused-ring (bicyclic) bond motifs is 1. The third-order valence-corrected chi connectivity index (χ3v) is 8.15. The van der Waals surface area contributed by atoms with Crippen LogP contribution in [0.2, 0.25) is 0 Å². The molecule has 0 saturated carbocycles. The van der Waals surface area contributed by atoms with Crippen molar-refractivity contribution in [2.24, 2.45) is 5.10 Å². The first-order chi connectivity index (χ1) is 22.2. The number of rotatable bonds is 12. The van der Waals surface area contributed by atoms with Gasteiger partial charge in [-0.1, -0.05) is 52.3 Å². The number of esters is 1. The van der Waals surface area contributed by atoms with E-state index >= 15 is 0 Å². The Kier molecular flexibility index (Phi) is 10.3. The van der Waals surface area contributed by atoms with Crippen LogP contribution in [0.15, 0.2) is 87.6 Å². The van der Waals surface area contributed by atoms with Crippen molar-refractivity contribution in [1.82, 2.24) is 20.6 Å². The zero-order chi connectivity index (χ0) is 32.8. The van der Waals surface area contributed by atoms with E-state index in [0.29, 0.717) is 35.9 Å². The Balaban J connectivity index is 1.28. The summed E-state index contributed by atoms with van der Waals surface area (Å²) in [5.74, 6) is 0.204. The topological polar surface area (TPSA) is 135 Å². The summed E-state index contributed by atoms with van der Waals surface area (Å²) in [5.41, 5.74) is 8.29. The predicted octanol–water partition coefficient (Wildman–Crippen LogP) is 5.28. The molecule has 2 atom stereocenters. The predicted molar refractivity (Wildman–Crippen MR) is 179 cm³/mol. The van der Waals surface area contributed by atoms with Crippen molar-refractivity contribution in [3.8, 4) is 11.5 Å². The molecule has 0 unspecified atom stereocenters. The van der Waals surface area contributed by atoms with Crippen molar-refractivity contribution in [1.29, 1.82) is 0 Å². The third-order valence-electron chi connectivity index (χ3n) is 7.62. The van der Waals surface area contributed by atoms with Crippen LogP contribution in [0.5, 0.6) is 11.5 Å². The summed E-state index contributed by atoms with van der Waals surface area (Å²) in [6.45, 7) is 6.45. The summed E-state index contributed by atoms with van der Waals surface area (Å²) in [4.78, 5) is 24.7. The summed E-state index contributed by atoms with van der Waals surface area (Å²) in [7, 11) is 1.28. The van der Waals surface area contributed by atoms with Gasteiger partial charge in [-0.15, -0.1) is 0 Å². The van der Waals surface area contributed by atoms with Gasteiger partial charge in [0.1, 0.15) is 6.61 Å². The number of allylic oxidation sites excluding steroid dienone is 1. The molecule has 0 bridgehead atoms. The minimum atomic E-state index is -1.12. The van der Waals surface area contributed by atoms with Crippen LogP contribution in [-0.2, 0) is 16.1 Å². The number of carbonyl (C=O) groups is 2. The monoisotopic (exact) mass is 689 g/mol. The average molecular weight is 691 g/mol. The highest BCUT2D eigenvalue weighted by Crippen LogP contribution is 2.35. The molecular formula is C34H36BrN5O6. The van der Waals surface area contributed by atoms with E-state index in [1.54, 1.807) is 31.3 Å². The van der Waals surface area contributed by atoms with Crippen molar-refractivity contribution < 1.29 is 28.9 Å². The number of ether oxygens (including phenoxy) is 3. The van der Waals surface area contributed by atoms with E-state index in [9.17, 15) is 14.7 Å². The number of hydrogen-bond donors (Lipinski definition) is 4. The number of hydrogen-bond acceptors (Lipinski definition) is 8. The summed E-state index contributed by atoms with van der Waals surface area (Å²) in [5, 5.41) is 21.4. The van der Waals surface area contributed by atoms with Crippen LogP contribution < -0.4 is 25.5 Å². The molecule has 4 N–H and O–H groups in total. The van der Waals surface area contributed by atoms with Crippen LogP contribution in [0.4, 0.5) is 4.79 Å². The molecule has 1 aromatic heterocycles. The van der Waals surface area contributed by atoms with Crippen LogP contribution in [0.25, 0.3) is 10.9 Å². The lowest BCUT2D eigenvalue weighted by molar-refractivity contribution is -0.136. The lowest BCUT2D eigenvalue weighted by Gasteiger charge is -2.28. The minimum absolute atomic E-state index is 0.127. The first kappa shape index (κ1) is 32.6. The first-order valence-corrected chi connectivity index (χ1v) is 15.5. The first-order valence-electron chi connectivity index (χ1n) is 14.7. The summed E-state index contributed by atoms with van der Waals surface area (Å²) in [6.07, 6.45) is 0.586. The largest absolute Gasteiger partial charge is 0.490 e. The van der Waals surface area contributed by atoms with Gasteiger partial charge < -0.3 is 34.5 Å². The maximum Gasteiger partial charge on any atom is 0.337 e. The van der Waals surface area contributed by atoms with Crippen LogP contribution in [0.1, 0.15) is 42.3 Å². The number of nitrogens with zero attached hydrogens (tertiary/aromatic N) is 2. The molecule has 1 aliphatic rings. The van der Waals surface area contributed by atoms with Crippen molar-refractivity contribution >= 4 is 45.0 Å². The van der Waals surface area contributed by atoms with E-state index in [-0.39, 0.29) is 12.2 Å². The number of benzene rings is 3. The Morgan fingerprint density at radius 2 is 1.87 bits per heavy atom. The van der Waals surface area contributed by atoms with Gasteiger partial charge in [0.05, 0.1) is 31.5 Å². The second-order valence-electron chi connectivity index (χ2n) is 10.6. The van der Waals surface area contributed by atoms with Crippen molar-refractivity contribution in [3.05, 3.63) is 105 Å². The molecule has 1 aliphatic heterocycles. The number of halogens is 1. The van der Waals surface area contributed by atoms with Crippen LogP contribution in [0.3, 0.4) is 0 Å². The number of methoxy groups -OCH3 is 1. The molecule has 240 valence electrons. The molecule has 0 aliphatic carbocycles. The van der Waals surface area contributed by atoms with E-state index in [1.807, 2.05) is 31.2 Å². The number of nitrogens with one attached hydrogen (secondary N) is 3. The number of carbonyl (C=O) groups excluding carboxylic acids is 2. The van der Waals surface area contributed by atoms with Gasteiger partial charge in [0, 0.05) is 38.9 Å². The fraction of sp³-hybridized carbons (Fsp3) is 0.265. The Morgan fingerprint density at radius 3 is 2.61 bits per heavy atom. The van der Waals surface area contributed by atoms with Crippen molar-refractivity contribution in [2.75, 3.05) is 20.3 Å². The molecular weight excluding hydrogens is 654 g/mol. The molecule has 0 radical (unpaired) electrons. The van der Waals surface area contributed by atoms with E-state index in [0.717, 1.165) is 26.6 Å². The molecule has 5 rings (SSSR count). The molecule has 3 aromatic carbocycles. The molecule has 4 aromatic rings. The van der Waals surface area contributed by atoms with Crippen LogP contribution in [-0.4, -0.2) is 54.4 Å². The SMILES string of the molecule is CCOc1cc([C@@H]2NC(=O)NC(C)=C2C(=O)OC)ccc1OC[C@H](O)N/N=C\c1c(C)n(Cc2ccc(Br)cc2)c2ccccc12. The second-order valence-corrected chi connectivity index (χ2v) is 11.6. The van der Waals surface area contributed by atoms with E-state index in [2.05, 4.69) is 72.8 Å². The number of aliphatic hydroxyl groups is 1. The number of aliphatic hydroxyl groups excluding tert-OH is 1. The fourth-order valence-electron chi connectivity index (χ4n) is 5.41. The lowest BCUT2D eigenvalue weighted by atomic mass is 9.95. The number of urea groups is 1. The average Bonchev–Trinajstić information content (AvgIpc) is 3.30. The third kappa shape index (κ3) is 7.19. The quantitative estimate of drug-likeness (QED) is 0.0688. The maximum atomic E-state index is 12.5. The van der Waals surface area contributed by atoms with Gasteiger partial charge in [-0.05, 0) is 62.2 Å². The molecule has 0 fully saturated rings. The number of para-hydroxylation sites is 1. The van der Waals surface area contributed by atoms with E-state index < -0.39 is 24.3 Å². The van der Waals surface area contributed by atoms with E-state index in [1.165, 1.54) is 12.7 Å². The minimum Gasteiger partial charge on any atom is -0.490 e. The number of aromatic nitrogens is 1. The molecule has 46 heavy (non-hydrogen) atoms. The van der Waals surface area contributed by atoms with Crippen LogP contribution >= 0.6 is 15.9 Å². The molecule has 11 nitrogen and oxygen atoms in total. The highest BCUT2D eigenvalue weighted by Gasteiger charge is 2.32. The summed E-state index contributed by atoms with van der Waals surface area (Å²) in [6, 6.07) is 20.3. The highest BCUT2D eigenvalue weighted by atomic mass is 79.9. The molecule has 2 heterocycles. The molecule has 0 spiro atoms. The van der Waals surface area contributed by atoms with Gasteiger partial charge in [-0.3, -0.25) is 5.43 Å². The van der Waals surface area contributed by atoms with Gasteiger partial charge in [0.25, 0.3) is 0 Å². The van der Waals surface area contributed by atoms with Gasteiger partial charge >= 0.3 is 12.0 Å². The smallest absolute Gasteiger partial charge is 0.337 e. The second kappa shape index (κ2) is 14.5. The number of hydrazone groups is 1. The standard InChI is InChI=1S/C34H36BrN5O6/c1-5-45-29-16-23(32-31(33(42)44-4)20(2)37-34(43)38-32)12-15-28(29)46-19-30(41)39-36-17-26-21(3)40(27-9-7-6-8-25(26)27)18-22-10-13-24(35)14-11-22/h6-17,30,32,39,41H,5,18-19H2,1-4H3,(H2,37,38,43)/b36-17-/t30-,32-/m0/s1. The molecule has 0 saturated heterocycles. The Labute approximate surface area is 275 Å². The van der Waals surface area contributed by atoms with E-state index in [4.69, 9.17) is 14.2 Å². The highest BCUT2D eigenvalue weighted by molar-refractivity contribution is 9.10. The van der Waals surface area contributed by atoms with Gasteiger partial charge in [-0.2, -0.15) is 5.10 Å². The molecule has 2 amide bonds. The maximum absolute atomic E-state index is 12.5. The Hall–Kier alpha value is -4.81. The fourth-order valence-corrected chi connectivity index (χ4v) is 5.67. The van der Waals surface area contributed by atoms with Crippen molar-refractivity contribution in [2.45, 2.75) is 39.6 Å². The molecule has 12 heteroatoms. The zero-order valence-corrected chi connectivity index (χ0v) is 27.6. The van der Waals surface area contributed by atoms with Crippen molar-refractivity contribution in [3.63, 3.8) is 0 Å². The Bertz CT molecular complexity index is 1800.